The highest BCUT2D eigenvalue weighted by molar-refractivity contribution is 6.35. The Kier molecular flexibility index (Phi) is 4.66. The van der Waals surface area contributed by atoms with Gasteiger partial charge < -0.3 is 5.32 Å². The number of nitrogens with zero attached hydrogens (tertiary/aromatic N) is 2. The second-order valence-electron chi connectivity index (χ2n) is 4.66. The van der Waals surface area contributed by atoms with Crippen molar-refractivity contribution in [1.29, 1.82) is 0 Å². The topological polar surface area (TPSA) is 37.8 Å². The van der Waals surface area contributed by atoms with E-state index in [4.69, 9.17) is 34.8 Å². The van der Waals surface area contributed by atoms with Crippen LogP contribution in [0, 0.1) is 5.82 Å². The first-order valence-corrected chi connectivity index (χ1v) is 7.67. The van der Waals surface area contributed by atoms with E-state index in [2.05, 4.69) is 15.3 Å². The zero-order valence-corrected chi connectivity index (χ0v) is 13.8. The molecule has 2 aromatic carbocycles. The highest BCUT2D eigenvalue weighted by Gasteiger charge is 2.08. The van der Waals surface area contributed by atoms with Crippen LogP contribution in [0.5, 0.6) is 0 Å². The highest BCUT2D eigenvalue weighted by atomic mass is 35.5. The smallest absolute Gasteiger partial charge is 0.163 e. The number of aromatic nitrogens is 2. The van der Waals surface area contributed by atoms with Crippen LogP contribution in [0.3, 0.4) is 0 Å². The lowest BCUT2D eigenvalue weighted by molar-refractivity contribution is 0.628. The molecule has 7 heteroatoms. The monoisotopic (exact) mass is 367 g/mol. The maximum absolute atomic E-state index is 13.0. The van der Waals surface area contributed by atoms with Crippen LogP contribution in [-0.4, -0.2) is 9.97 Å². The minimum absolute atomic E-state index is 0.250. The molecule has 0 fully saturated rings. The van der Waals surface area contributed by atoms with Gasteiger partial charge in [0.05, 0.1) is 10.7 Å². The third-order valence-corrected chi connectivity index (χ3v) is 3.75. The summed E-state index contributed by atoms with van der Waals surface area (Å²) in [7, 11) is 0. The number of benzene rings is 2. The van der Waals surface area contributed by atoms with E-state index in [1.165, 1.54) is 12.1 Å². The Morgan fingerprint density at radius 1 is 0.870 bits per heavy atom. The highest BCUT2D eigenvalue weighted by Crippen LogP contribution is 2.29. The van der Waals surface area contributed by atoms with E-state index in [-0.39, 0.29) is 11.0 Å². The van der Waals surface area contributed by atoms with E-state index in [1.807, 2.05) is 0 Å². The van der Waals surface area contributed by atoms with Gasteiger partial charge in [0.25, 0.3) is 0 Å². The molecular formula is C16H9Cl3FN3. The SMILES string of the molecule is Fc1ccc(-c2nc(Cl)cc(Nc3cc(Cl)ccc3Cl)n2)cc1. The molecule has 0 saturated heterocycles. The minimum atomic E-state index is -0.333. The minimum Gasteiger partial charge on any atom is -0.339 e. The van der Waals surface area contributed by atoms with Gasteiger partial charge in [0, 0.05) is 16.7 Å². The molecule has 116 valence electrons. The fourth-order valence-electron chi connectivity index (χ4n) is 1.94. The van der Waals surface area contributed by atoms with Crippen LogP contribution in [-0.2, 0) is 0 Å². The molecule has 23 heavy (non-hydrogen) atoms. The summed E-state index contributed by atoms with van der Waals surface area (Å²) in [6.45, 7) is 0. The third kappa shape index (κ3) is 3.91. The Morgan fingerprint density at radius 3 is 2.35 bits per heavy atom. The average Bonchev–Trinajstić information content (AvgIpc) is 2.51. The van der Waals surface area contributed by atoms with Gasteiger partial charge in [-0.25, -0.2) is 14.4 Å². The fourth-order valence-corrected chi connectivity index (χ4v) is 2.46. The molecule has 0 aliphatic heterocycles. The summed E-state index contributed by atoms with van der Waals surface area (Å²) in [5, 5.41) is 4.33. The van der Waals surface area contributed by atoms with Crippen molar-refractivity contribution in [3.63, 3.8) is 0 Å². The number of hydrogen-bond donors (Lipinski definition) is 1. The molecule has 0 saturated carbocycles. The van der Waals surface area contributed by atoms with Gasteiger partial charge >= 0.3 is 0 Å². The zero-order chi connectivity index (χ0) is 16.4. The first kappa shape index (κ1) is 16.0. The Labute approximate surface area is 147 Å². The molecule has 0 radical (unpaired) electrons. The van der Waals surface area contributed by atoms with Gasteiger partial charge in [-0.05, 0) is 42.5 Å². The third-order valence-electron chi connectivity index (χ3n) is 2.99. The number of nitrogens with one attached hydrogen (secondary N) is 1. The second kappa shape index (κ2) is 6.71. The molecule has 3 aromatic rings. The Hall–Kier alpha value is -1.88. The summed E-state index contributed by atoms with van der Waals surface area (Å²) in [4.78, 5) is 8.52. The van der Waals surface area contributed by atoms with Crippen molar-refractivity contribution in [1.82, 2.24) is 9.97 Å². The lowest BCUT2D eigenvalue weighted by Crippen LogP contribution is -1.98. The Balaban J connectivity index is 1.97. The molecule has 0 aliphatic carbocycles. The maximum Gasteiger partial charge on any atom is 0.163 e. The van der Waals surface area contributed by atoms with Gasteiger partial charge in [-0.3, -0.25) is 0 Å². The van der Waals surface area contributed by atoms with E-state index < -0.39 is 0 Å². The van der Waals surface area contributed by atoms with Crippen LogP contribution in [0.1, 0.15) is 0 Å². The molecule has 0 spiro atoms. The Morgan fingerprint density at radius 2 is 1.61 bits per heavy atom. The first-order valence-electron chi connectivity index (χ1n) is 6.54. The van der Waals surface area contributed by atoms with Crippen molar-refractivity contribution >= 4 is 46.3 Å². The van der Waals surface area contributed by atoms with E-state index in [9.17, 15) is 4.39 Å². The van der Waals surface area contributed by atoms with Crippen molar-refractivity contribution < 1.29 is 4.39 Å². The molecule has 0 amide bonds. The quantitative estimate of drug-likeness (QED) is 0.577. The normalized spacial score (nSPS) is 10.6. The molecule has 0 unspecified atom stereocenters. The van der Waals surface area contributed by atoms with Gasteiger partial charge in [-0.1, -0.05) is 34.8 Å². The van der Waals surface area contributed by atoms with Crippen LogP contribution < -0.4 is 5.32 Å². The van der Waals surface area contributed by atoms with E-state index in [1.54, 1.807) is 36.4 Å². The summed E-state index contributed by atoms with van der Waals surface area (Å²) in [5.74, 6) is 0.492. The fraction of sp³-hybridized carbons (Fsp3) is 0. The number of rotatable bonds is 3. The first-order chi connectivity index (χ1) is 11.0. The van der Waals surface area contributed by atoms with Crippen molar-refractivity contribution in [2.75, 3.05) is 5.32 Å². The molecule has 1 heterocycles. The van der Waals surface area contributed by atoms with Crippen molar-refractivity contribution in [3.8, 4) is 11.4 Å². The van der Waals surface area contributed by atoms with E-state index >= 15 is 0 Å². The van der Waals surface area contributed by atoms with Crippen LogP contribution in [0.25, 0.3) is 11.4 Å². The molecule has 1 N–H and O–H groups in total. The lowest BCUT2D eigenvalue weighted by atomic mass is 10.2. The molecule has 3 nitrogen and oxygen atoms in total. The number of anilines is 2. The van der Waals surface area contributed by atoms with Gasteiger partial charge in [-0.15, -0.1) is 0 Å². The average molecular weight is 369 g/mol. The van der Waals surface area contributed by atoms with Gasteiger partial charge in [0.15, 0.2) is 5.82 Å². The summed E-state index contributed by atoms with van der Waals surface area (Å²) < 4.78 is 13.0. The van der Waals surface area contributed by atoms with Crippen molar-refractivity contribution in [3.05, 3.63) is 69.5 Å². The molecule has 0 bridgehead atoms. The standard InChI is InChI=1S/C16H9Cl3FN3/c17-10-3-6-12(18)13(7-10)21-15-8-14(19)22-16(23-15)9-1-4-11(20)5-2-9/h1-8H,(H,21,22,23). The molecule has 3 rings (SSSR count). The van der Waals surface area contributed by atoms with Crippen LogP contribution in [0.4, 0.5) is 15.9 Å². The number of hydrogen-bond acceptors (Lipinski definition) is 3. The molecule has 0 atom stereocenters. The van der Waals surface area contributed by atoms with Crippen LogP contribution in [0.2, 0.25) is 15.2 Å². The number of halogens is 4. The second-order valence-corrected chi connectivity index (χ2v) is 5.89. The van der Waals surface area contributed by atoms with Crippen LogP contribution >= 0.6 is 34.8 Å². The predicted molar refractivity (Wildman–Crippen MR) is 92.2 cm³/mol. The Bertz CT molecular complexity index is 854. The van der Waals surface area contributed by atoms with E-state index in [0.29, 0.717) is 32.9 Å². The predicted octanol–water partition coefficient (Wildman–Crippen LogP) is 5.99. The summed E-state index contributed by atoms with van der Waals surface area (Å²) in [5.41, 5.74) is 1.24. The van der Waals surface area contributed by atoms with E-state index in [0.717, 1.165) is 0 Å². The zero-order valence-electron chi connectivity index (χ0n) is 11.5. The van der Waals surface area contributed by atoms with Crippen LogP contribution in [0.15, 0.2) is 48.5 Å². The molecule has 0 aliphatic rings. The summed E-state index contributed by atoms with van der Waals surface area (Å²) in [6, 6.07) is 12.4. The summed E-state index contributed by atoms with van der Waals surface area (Å²) in [6.07, 6.45) is 0. The van der Waals surface area contributed by atoms with Crippen molar-refractivity contribution in [2.24, 2.45) is 0 Å². The summed E-state index contributed by atoms with van der Waals surface area (Å²) >= 11 is 18.1. The lowest BCUT2D eigenvalue weighted by Gasteiger charge is -2.10. The van der Waals surface area contributed by atoms with Crippen molar-refractivity contribution in [2.45, 2.75) is 0 Å². The van der Waals surface area contributed by atoms with Gasteiger partial charge in [-0.2, -0.15) is 0 Å². The largest absolute Gasteiger partial charge is 0.339 e. The molecule has 1 aromatic heterocycles. The van der Waals surface area contributed by atoms with Gasteiger partial charge in [0.2, 0.25) is 0 Å². The molecular weight excluding hydrogens is 360 g/mol. The maximum atomic E-state index is 13.0. The van der Waals surface area contributed by atoms with Gasteiger partial charge in [0.1, 0.15) is 16.8 Å².